The molecule has 1 unspecified atom stereocenters. The average molecular weight is 756 g/mol. The Kier molecular flexibility index (Phi) is 11.0. The topological polar surface area (TPSA) is 163 Å². The molecule has 1 aliphatic carbocycles. The number of hydrogen-bond donors (Lipinski definition) is 3. The van der Waals surface area contributed by atoms with E-state index in [-0.39, 0.29) is 29.5 Å². The van der Waals surface area contributed by atoms with Gasteiger partial charge in [0.15, 0.2) is 0 Å². The van der Waals surface area contributed by atoms with Crippen LogP contribution >= 0.6 is 11.3 Å². The van der Waals surface area contributed by atoms with Gasteiger partial charge in [0.25, 0.3) is 17.7 Å². The predicted molar refractivity (Wildman–Crippen MR) is 201 cm³/mol. The first-order chi connectivity index (χ1) is 26.1. The van der Waals surface area contributed by atoms with Crippen molar-refractivity contribution in [2.24, 2.45) is 5.92 Å². The van der Waals surface area contributed by atoms with Crippen molar-refractivity contribution in [1.82, 2.24) is 25.1 Å². The highest BCUT2D eigenvalue weighted by atomic mass is 32.1. The highest BCUT2D eigenvalue weighted by Gasteiger charge is 2.45. The van der Waals surface area contributed by atoms with Gasteiger partial charge in [-0.1, -0.05) is 6.07 Å². The van der Waals surface area contributed by atoms with E-state index in [1.54, 1.807) is 29.5 Å². The van der Waals surface area contributed by atoms with Crippen LogP contribution in [0.1, 0.15) is 93.4 Å². The number of rotatable bonds is 13. The molecule has 7 rings (SSSR count). The van der Waals surface area contributed by atoms with Gasteiger partial charge in [-0.2, -0.15) is 0 Å². The number of nitrogens with one attached hydrogen (secondary N) is 3. The minimum Gasteiger partial charge on any atom is -0.494 e. The first-order valence-electron chi connectivity index (χ1n) is 18.3. The lowest BCUT2D eigenvalue weighted by molar-refractivity contribution is -0.136. The molecule has 1 saturated carbocycles. The number of carbonyl (C=O) groups is 5. The highest BCUT2D eigenvalue weighted by Crippen LogP contribution is 2.41. The van der Waals surface area contributed by atoms with Gasteiger partial charge in [-0.05, 0) is 88.7 Å². The summed E-state index contributed by atoms with van der Waals surface area (Å²) in [6.07, 6.45) is 8.73. The molecule has 0 spiro atoms. The zero-order chi connectivity index (χ0) is 37.9. The maximum Gasteiger partial charge on any atom is 0.264 e. The van der Waals surface area contributed by atoms with Crippen molar-refractivity contribution in [2.75, 3.05) is 44.4 Å². The molecule has 3 aliphatic rings. The van der Waals surface area contributed by atoms with E-state index >= 15 is 0 Å². The van der Waals surface area contributed by atoms with Crippen molar-refractivity contribution in [3.05, 3.63) is 76.3 Å². The van der Waals surface area contributed by atoms with E-state index < -0.39 is 41.4 Å². The smallest absolute Gasteiger partial charge is 0.264 e. The number of unbranched alkanes of at least 4 members (excludes halogenated alkanes) is 1. The Hall–Kier alpha value is -5.28. The molecule has 13 nitrogen and oxygen atoms in total. The summed E-state index contributed by atoms with van der Waals surface area (Å²) in [5, 5.41) is 9.47. The quantitative estimate of drug-likeness (QED) is 0.116. The van der Waals surface area contributed by atoms with Crippen molar-refractivity contribution in [1.29, 1.82) is 0 Å². The lowest BCUT2D eigenvalue weighted by atomic mass is 9.82. The molecule has 0 bridgehead atoms. The number of pyridine rings is 1. The van der Waals surface area contributed by atoms with Crippen LogP contribution in [0.25, 0.3) is 10.2 Å². The number of anilines is 2. The summed E-state index contributed by atoms with van der Waals surface area (Å²) in [7, 11) is 3.69. The van der Waals surface area contributed by atoms with E-state index in [4.69, 9.17) is 9.72 Å². The average Bonchev–Trinajstić information content (AvgIpc) is 3.69. The van der Waals surface area contributed by atoms with Crippen LogP contribution in [0, 0.1) is 11.7 Å². The Morgan fingerprint density at radius 1 is 1.04 bits per heavy atom. The van der Waals surface area contributed by atoms with Crippen LogP contribution in [-0.4, -0.2) is 89.1 Å². The fourth-order valence-corrected chi connectivity index (χ4v) is 8.82. The fourth-order valence-electron chi connectivity index (χ4n) is 7.66. The number of nitrogens with zero attached hydrogens (tertiary/aromatic N) is 4. The number of ether oxygens (including phenoxy) is 1. The zero-order valence-corrected chi connectivity index (χ0v) is 31.0. The van der Waals surface area contributed by atoms with Gasteiger partial charge in [-0.3, -0.25) is 39.2 Å². The van der Waals surface area contributed by atoms with Crippen LogP contribution in [-0.2, 0) is 9.59 Å². The Morgan fingerprint density at radius 3 is 2.61 bits per heavy atom. The van der Waals surface area contributed by atoms with Gasteiger partial charge in [0.2, 0.25) is 11.8 Å². The van der Waals surface area contributed by atoms with Crippen LogP contribution in [0.3, 0.4) is 0 Å². The second kappa shape index (κ2) is 16.0. The summed E-state index contributed by atoms with van der Waals surface area (Å²) in [6.45, 7) is 2.57. The van der Waals surface area contributed by atoms with Gasteiger partial charge < -0.3 is 20.3 Å². The van der Waals surface area contributed by atoms with Gasteiger partial charge in [-0.25, -0.2) is 9.37 Å². The van der Waals surface area contributed by atoms with Gasteiger partial charge in [-0.15, -0.1) is 11.3 Å². The number of thiazole rings is 1. The number of amides is 5. The minimum atomic E-state index is -0.990. The molecular weight excluding hydrogens is 714 g/mol. The third kappa shape index (κ3) is 7.82. The standard InChI is InChI=1S/C39H42FN7O6S/c1-46(15-4-3-14-42-27-7-5-6-26-34(27)39(52)47(38(26)51)30-12-13-33(48)45-36(30)50)21-22-8-10-23(11-9-22)37-44-29-17-31(53-2)28(18-32(29)54-37)43-35(49)24-16-25(40)20-41-19-24/h5-7,16-20,22-23,30,42H,3-4,8-15,21H2,1-2H3,(H,43,49)(H,45,48,50)/t22-,23-,30?. The second-order valence-electron chi connectivity index (χ2n) is 14.2. The van der Waals surface area contributed by atoms with Crippen molar-refractivity contribution < 1.29 is 33.1 Å². The van der Waals surface area contributed by atoms with E-state index in [0.29, 0.717) is 35.5 Å². The maximum absolute atomic E-state index is 13.6. The highest BCUT2D eigenvalue weighted by molar-refractivity contribution is 7.18. The van der Waals surface area contributed by atoms with Crippen LogP contribution < -0.4 is 20.7 Å². The van der Waals surface area contributed by atoms with Crippen molar-refractivity contribution in [3.63, 3.8) is 0 Å². The molecule has 2 aliphatic heterocycles. The molecule has 3 N–H and O–H groups in total. The Morgan fingerprint density at radius 2 is 1.85 bits per heavy atom. The first kappa shape index (κ1) is 37.1. The summed E-state index contributed by atoms with van der Waals surface area (Å²) >= 11 is 1.63. The summed E-state index contributed by atoms with van der Waals surface area (Å²) in [5.74, 6) is -1.66. The molecule has 2 aromatic heterocycles. The molecule has 1 saturated heterocycles. The number of imide groups is 2. The molecule has 15 heteroatoms. The van der Waals surface area contributed by atoms with E-state index in [1.165, 1.54) is 13.3 Å². The van der Waals surface area contributed by atoms with Gasteiger partial charge in [0.05, 0.1) is 50.9 Å². The number of halogens is 1. The summed E-state index contributed by atoms with van der Waals surface area (Å²) in [6, 6.07) is 8.94. The first-order valence-corrected chi connectivity index (χ1v) is 19.1. The van der Waals surface area contributed by atoms with E-state index in [9.17, 15) is 28.4 Å². The van der Waals surface area contributed by atoms with E-state index in [2.05, 4.69) is 32.9 Å². The molecular formula is C39H42FN7O6S. The lowest BCUT2D eigenvalue weighted by Gasteiger charge is -2.30. The minimum absolute atomic E-state index is 0.0807. The van der Waals surface area contributed by atoms with E-state index in [1.807, 2.05) is 12.1 Å². The molecule has 54 heavy (non-hydrogen) atoms. The number of hydrogen-bond acceptors (Lipinski definition) is 11. The van der Waals surface area contributed by atoms with Crippen LogP contribution in [0.2, 0.25) is 0 Å². The van der Waals surface area contributed by atoms with Crippen molar-refractivity contribution in [3.8, 4) is 5.75 Å². The molecule has 4 aromatic rings. The van der Waals surface area contributed by atoms with Crippen LogP contribution in [0.5, 0.6) is 5.75 Å². The molecule has 2 aromatic carbocycles. The summed E-state index contributed by atoms with van der Waals surface area (Å²) in [5.41, 5.74) is 2.55. The lowest BCUT2D eigenvalue weighted by Crippen LogP contribution is -2.54. The fraction of sp³-hybridized carbons (Fsp3) is 0.410. The van der Waals surface area contributed by atoms with E-state index in [0.717, 1.165) is 84.0 Å². The molecule has 0 radical (unpaired) electrons. The molecule has 5 amide bonds. The second-order valence-corrected chi connectivity index (χ2v) is 15.3. The molecule has 1 atom stereocenters. The Labute approximate surface area is 315 Å². The van der Waals surface area contributed by atoms with Crippen LogP contribution in [0.4, 0.5) is 15.8 Å². The van der Waals surface area contributed by atoms with Gasteiger partial charge >= 0.3 is 0 Å². The normalized spacial score (nSPS) is 20.0. The molecule has 2 fully saturated rings. The number of carbonyl (C=O) groups excluding carboxylic acids is 5. The van der Waals surface area contributed by atoms with Crippen LogP contribution in [0.15, 0.2) is 48.8 Å². The predicted octanol–water partition coefficient (Wildman–Crippen LogP) is 5.59. The van der Waals surface area contributed by atoms with Crippen molar-refractivity contribution >= 4 is 62.5 Å². The summed E-state index contributed by atoms with van der Waals surface area (Å²) < 4.78 is 20.1. The summed E-state index contributed by atoms with van der Waals surface area (Å²) in [4.78, 5) is 75.3. The largest absolute Gasteiger partial charge is 0.494 e. The monoisotopic (exact) mass is 755 g/mol. The molecule has 282 valence electrons. The maximum atomic E-state index is 13.6. The Bertz CT molecular complexity index is 2120. The molecule has 4 heterocycles. The number of aromatic nitrogens is 2. The zero-order valence-electron chi connectivity index (χ0n) is 30.2. The Balaban J connectivity index is 0.859. The third-order valence-electron chi connectivity index (χ3n) is 10.5. The van der Waals surface area contributed by atoms with Gasteiger partial charge in [0.1, 0.15) is 17.6 Å². The number of fused-ring (bicyclic) bond motifs is 2. The number of piperidine rings is 1. The third-order valence-corrected chi connectivity index (χ3v) is 11.6. The SMILES string of the molecule is COc1cc2nc([C@H]3CC[C@H](CN(C)CCCCNc4cccc5c4C(=O)N(C4CCC(=O)NC4=O)C5=O)CC3)sc2cc1NC(=O)c1cncc(F)c1. The van der Waals surface area contributed by atoms with Crippen molar-refractivity contribution in [2.45, 2.75) is 63.3 Å². The number of methoxy groups -OCH3 is 1. The number of benzene rings is 2. The van der Waals surface area contributed by atoms with Gasteiger partial charge in [0, 0.05) is 43.4 Å².